The second kappa shape index (κ2) is 15.4. The Balaban J connectivity index is 0.00000480. The number of amides is 1. The topological polar surface area (TPSA) is 84.4 Å². The summed E-state index contributed by atoms with van der Waals surface area (Å²) in [7, 11) is 3.41. The summed E-state index contributed by atoms with van der Waals surface area (Å²) in [5.74, 6) is 0.796. The average molecular weight is 548 g/mol. The van der Waals surface area contributed by atoms with Gasteiger partial charge in [0.25, 0.3) is 5.91 Å². The molecular weight excluding hydrogens is 511 g/mol. The molecule has 0 spiro atoms. The van der Waals surface area contributed by atoms with Crippen molar-refractivity contribution in [3.63, 3.8) is 0 Å². The summed E-state index contributed by atoms with van der Waals surface area (Å²) in [6, 6.07) is 7.73. The summed E-state index contributed by atoms with van der Waals surface area (Å²) in [5, 5.41) is 6.55. The Morgan fingerprint density at radius 3 is 2.42 bits per heavy atom. The third-order valence-corrected chi connectivity index (χ3v) is 4.78. The normalized spacial score (nSPS) is 19.0. The number of ether oxygens (including phenoxy) is 3. The molecule has 0 aromatic heterocycles. The van der Waals surface area contributed by atoms with E-state index in [1.54, 1.807) is 14.2 Å². The van der Waals surface area contributed by atoms with Crippen molar-refractivity contribution in [2.45, 2.75) is 39.0 Å². The van der Waals surface area contributed by atoms with Gasteiger partial charge in [0.1, 0.15) is 0 Å². The third-order valence-electron chi connectivity index (χ3n) is 4.78. The van der Waals surface area contributed by atoms with Crippen molar-refractivity contribution in [2.24, 2.45) is 4.99 Å². The number of guanidine groups is 1. The first-order valence-electron chi connectivity index (χ1n) is 10.6. The van der Waals surface area contributed by atoms with Gasteiger partial charge in [-0.2, -0.15) is 0 Å². The number of rotatable bonds is 10. The van der Waals surface area contributed by atoms with Crippen LogP contribution < -0.4 is 10.6 Å². The van der Waals surface area contributed by atoms with Crippen molar-refractivity contribution < 1.29 is 19.0 Å². The number of carbonyl (C=O) groups excluding carboxylic acids is 1. The first-order valence-corrected chi connectivity index (χ1v) is 10.6. The maximum Gasteiger partial charge on any atom is 0.254 e. The van der Waals surface area contributed by atoms with Crippen LogP contribution in [-0.4, -0.2) is 82.6 Å². The van der Waals surface area contributed by atoms with Crippen molar-refractivity contribution in [3.8, 4) is 0 Å². The molecular formula is C22H37IN4O4. The molecule has 1 saturated heterocycles. The minimum Gasteiger partial charge on any atom is -0.382 e. The molecule has 1 aliphatic rings. The Morgan fingerprint density at radius 1 is 1.13 bits per heavy atom. The summed E-state index contributed by atoms with van der Waals surface area (Å²) in [6.07, 6.45) is 1.02. The first-order chi connectivity index (χ1) is 14.5. The van der Waals surface area contributed by atoms with Gasteiger partial charge in [-0.1, -0.05) is 12.1 Å². The summed E-state index contributed by atoms with van der Waals surface area (Å²) >= 11 is 0. The Morgan fingerprint density at radius 2 is 1.81 bits per heavy atom. The number of nitrogens with one attached hydrogen (secondary N) is 2. The Kier molecular flexibility index (Phi) is 13.7. The number of benzene rings is 1. The Labute approximate surface area is 203 Å². The van der Waals surface area contributed by atoms with Crippen molar-refractivity contribution >= 4 is 35.8 Å². The van der Waals surface area contributed by atoms with Gasteiger partial charge in [-0.05, 0) is 38.0 Å². The van der Waals surface area contributed by atoms with Crippen molar-refractivity contribution in [2.75, 3.05) is 53.6 Å². The molecule has 1 aromatic carbocycles. The molecule has 1 fully saturated rings. The van der Waals surface area contributed by atoms with E-state index >= 15 is 0 Å². The lowest BCUT2D eigenvalue weighted by molar-refractivity contribution is -0.0586. The number of methoxy groups -OCH3 is 1. The fourth-order valence-corrected chi connectivity index (χ4v) is 3.32. The van der Waals surface area contributed by atoms with Crippen LogP contribution in [0.5, 0.6) is 0 Å². The van der Waals surface area contributed by atoms with E-state index in [0.717, 1.165) is 24.5 Å². The zero-order valence-electron chi connectivity index (χ0n) is 19.1. The van der Waals surface area contributed by atoms with Gasteiger partial charge in [0.05, 0.1) is 25.4 Å². The molecule has 9 heteroatoms. The lowest BCUT2D eigenvalue weighted by atomic mass is 10.1. The zero-order chi connectivity index (χ0) is 21.8. The molecule has 1 heterocycles. The van der Waals surface area contributed by atoms with Gasteiger partial charge in [-0.3, -0.25) is 9.79 Å². The fraction of sp³-hybridized carbons (Fsp3) is 0.636. The van der Waals surface area contributed by atoms with Crippen LogP contribution >= 0.6 is 24.0 Å². The number of halogens is 1. The van der Waals surface area contributed by atoms with Gasteiger partial charge >= 0.3 is 0 Å². The number of hydrogen-bond donors (Lipinski definition) is 2. The fourth-order valence-electron chi connectivity index (χ4n) is 3.32. The lowest BCUT2D eigenvalue weighted by Crippen LogP contribution is -2.48. The molecule has 8 nitrogen and oxygen atoms in total. The van der Waals surface area contributed by atoms with Crippen molar-refractivity contribution in [3.05, 3.63) is 35.4 Å². The van der Waals surface area contributed by atoms with E-state index in [-0.39, 0.29) is 42.1 Å². The average Bonchev–Trinajstić information content (AvgIpc) is 2.74. The first kappa shape index (κ1) is 27.6. The predicted octanol–water partition coefficient (Wildman–Crippen LogP) is 2.27. The van der Waals surface area contributed by atoms with E-state index in [2.05, 4.69) is 15.6 Å². The van der Waals surface area contributed by atoms with Crippen LogP contribution in [0.25, 0.3) is 0 Å². The van der Waals surface area contributed by atoms with Gasteiger partial charge in [-0.15, -0.1) is 24.0 Å². The van der Waals surface area contributed by atoms with E-state index in [1.165, 1.54) is 0 Å². The summed E-state index contributed by atoms with van der Waals surface area (Å²) in [5.41, 5.74) is 1.79. The second-order valence-corrected chi connectivity index (χ2v) is 7.48. The molecule has 2 unspecified atom stereocenters. The van der Waals surface area contributed by atoms with Crippen LogP contribution in [0.2, 0.25) is 0 Å². The smallest absolute Gasteiger partial charge is 0.254 e. The van der Waals surface area contributed by atoms with Gasteiger partial charge in [0, 0.05) is 52.5 Å². The highest BCUT2D eigenvalue weighted by Gasteiger charge is 2.26. The maximum absolute atomic E-state index is 12.8. The highest BCUT2D eigenvalue weighted by Crippen LogP contribution is 2.15. The zero-order valence-corrected chi connectivity index (χ0v) is 21.4. The minimum atomic E-state index is 0. The lowest BCUT2D eigenvalue weighted by Gasteiger charge is -2.35. The van der Waals surface area contributed by atoms with Gasteiger partial charge in [-0.25, -0.2) is 0 Å². The highest BCUT2D eigenvalue weighted by atomic mass is 127. The van der Waals surface area contributed by atoms with Crippen LogP contribution in [0.15, 0.2) is 29.3 Å². The van der Waals surface area contributed by atoms with Crippen LogP contribution in [0, 0.1) is 0 Å². The monoisotopic (exact) mass is 548 g/mol. The minimum absolute atomic E-state index is 0. The molecule has 1 aromatic rings. The standard InChI is InChI=1S/C22H36N4O4.HI/c1-17-15-26(16-18(2)30-17)21(27)20-8-6-19(7-9-20)14-25-22(23-3)24-10-5-11-29-13-12-28-4;/h6-9,17-18H,5,10-16H2,1-4H3,(H2,23,24,25);1H. The molecule has 0 saturated carbocycles. The maximum atomic E-state index is 12.8. The van der Waals surface area contributed by atoms with Gasteiger partial charge < -0.3 is 29.7 Å². The van der Waals surface area contributed by atoms with Crippen LogP contribution in [0.4, 0.5) is 0 Å². The summed E-state index contributed by atoms with van der Waals surface area (Å²) < 4.78 is 16.1. The summed E-state index contributed by atoms with van der Waals surface area (Å²) in [6.45, 7) is 8.58. The molecule has 0 aliphatic carbocycles. The van der Waals surface area contributed by atoms with Crippen molar-refractivity contribution in [1.82, 2.24) is 15.5 Å². The van der Waals surface area contributed by atoms with Gasteiger partial charge in [0.15, 0.2) is 5.96 Å². The van der Waals surface area contributed by atoms with E-state index in [9.17, 15) is 4.79 Å². The SMILES string of the molecule is CN=C(NCCCOCCOC)NCc1ccc(C(=O)N2CC(C)OC(C)C2)cc1.I. The molecule has 0 bridgehead atoms. The third kappa shape index (κ3) is 10.2. The van der Waals surface area contributed by atoms with E-state index < -0.39 is 0 Å². The highest BCUT2D eigenvalue weighted by molar-refractivity contribution is 14.0. The quantitative estimate of drug-likeness (QED) is 0.202. The Hall–Kier alpha value is -1.43. The molecule has 2 atom stereocenters. The van der Waals surface area contributed by atoms with Crippen LogP contribution in [0.3, 0.4) is 0 Å². The van der Waals surface area contributed by atoms with Crippen LogP contribution in [-0.2, 0) is 20.8 Å². The summed E-state index contributed by atoms with van der Waals surface area (Å²) in [4.78, 5) is 18.9. The largest absolute Gasteiger partial charge is 0.382 e. The van der Waals surface area contributed by atoms with E-state index in [1.807, 2.05) is 43.0 Å². The molecule has 176 valence electrons. The number of nitrogens with zero attached hydrogens (tertiary/aromatic N) is 2. The molecule has 2 rings (SSSR count). The van der Waals surface area contributed by atoms with Crippen LogP contribution in [0.1, 0.15) is 36.2 Å². The van der Waals surface area contributed by atoms with E-state index in [4.69, 9.17) is 14.2 Å². The number of carbonyl (C=O) groups is 1. The molecule has 1 aliphatic heterocycles. The van der Waals surface area contributed by atoms with Gasteiger partial charge in [0.2, 0.25) is 0 Å². The molecule has 2 N–H and O–H groups in total. The van der Waals surface area contributed by atoms with E-state index in [0.29, 0.717) is 45.0 Å². The Bertz CT molecular complexity index is 662. The molecule has 0 radical (unpaired) electrons. The second-order valence-electron chi connectivity index (χ2n) is 7.48. The number of morpholine rings is 1. The molecule has 1 amide bonds. The number of aliphatic imine (C=N–C) groups is 1. The van der Waals surface area contributed by atoms with Crippen molar-refractivity contribution in [1.29, 1.82) is 0 Å². The predicted molar refractivity (Wildman–Crippen MR) is 133 cm³/mol. The molecule has 31 heavy (non-hydrogen) atoms. The number of hydrogen-bond acceptors (Lipinski definition) is 5.